The third kappa shape index (κ3) is 16.1. The summed E-state index contributed by atoms with van der Waals surface area (Å²) in [7, 11) is 0. The number of hydrogen-bond donors (Lipinski definition) is 6. The van der Waals surface area contributed by atoms with Gasteiger partial charge >= 0.3 is 0 Å². The van der Waals surface area contributed by atoms with Crippen LogP contribution in [0.1, 0.15) is 114 Å². The third-order valence-corrected chi connectivity index (χ3v) is 8.54. The van der Waals surface area contributed by atoms with Crippen molar-refractivity contribution in [2.45, 2.75) is 144 Å². The van der Waals surface area contributed by atoms with Crippen molar-refractivity contribution in [3.8, 4) is 0 Å². The van der Waals surface area contributed by atoms with Crippen molar-refractivity contribution in [3.63, 3.8) is 0 Å². The van der Waals surface area contributed by atoms with Gasteiger partial charge in [0.15, 0.2) is 6.29 Å². The number of nitrogens with one attached hydrogen (secondary N) is 3. The lowest BCUT2D eigenvalue weighted by atomic mass is 9.73. The predicted octanol–water partition coefficient (Wildman–Crippen LogP) is 2.60. The van der Waals surface area contributed by atoms with Crippen molar-refractivity contribution in [1.29, 1.82) is 0 Å². The van der Waals surface area contributed by atoms with E-state index in [2.05, 4.69) is 29.8 Å². The molecule has 0 saturated carbocycles. The Morgan fingerprint density at radius 2 is 1.52 bits per heavy atom. The Morgan fingerprint density at radius 1 is 0.870 bits per heavy atom. The Balaban J connectivity index is 2.40. The van der Waals surface area contributed by atoms with Crippen LogP contribution in [0, 0.1) is 22.2 Å². The number of carbonyl (C=O) groups is 4. The summed E-state index contributed by atoms with van der Waals surface area (Å²) in [5.41, 5.74) is -0.678. The first-order chi connectivity index (χ1) is 21.2. The summed E-state index contributed by atoms with van der Waals surface area (Å²) in [6.07, 6.45) is 0.513. The molecule has 0 aromatic rings. The smallest absolute Gasteiger partial charge is 0.222 e. The van der Waals surface area contributed by atoms with Crippen LogP contribution < -0.4 is 16.0 Å². The molecule has 1 heterocycles. The van der Waals surface area contributed by atoms with Crippen LogP contribution >= 0.6 is 0 Å². The largest absolute Gasteiger partial charge is 0.394 e. The van der Waals surface area contributed by atoms with Gasteiger partial charge in [-0.2, -0.15) is 0 Å². The van der Waals surface area contributed by atoms with Crippen LogP contribution in [0.2, 0.25) is 0 Å². The molecule has 1 fully saturated rings. The Morgan fingerprint density at radius 3 is 2.11 bits per heavy atom. The second kappa shape index (κ2) is 19.0. The van der Waals surface area contributed by atoms with Crippen molar-refractivity contribution in [2.75, 3.05) is 26.3 Å². The van der Waals surface area contributed by atoms with E-state index in [1.807, 2.05) is 34.6 Å². The number of aliphatic hydroxyl groups excluding tert-OH is 3. The summed E-state index contributed by atoms with van der Waals surface area (Å²) < 4.78 is 11.7. The maximum atomic E-state index is 12.6. The fourth-order valence-corrected chi connectivity index (χ4v) is 6.29. The average molecular weight is 658 g/mol. The molecular weight excluding hydrogens is 594 g/mol. The molecule has 0 bridgehead atoms. The van der Waals surface area contributed by atoms with E-state index in [0.29, 0.717) is 38.8 Å². The summed E-state index contributed by atoms with van der Waals surface area (Å²) in [4.78, 5) is 48.1. The van der Waals surface area contributed by atoms with Gasteiger partial charge in [-0.05, 0) is 55.3 Å². The Bertz CT molecular complexity index is 985. The molecule has 0 aliphatic carbocycles. The van der Waals surface area contributed by atoms with E-state index in [1.165, 1.54) is 6.92 Å². The van der Waals surface area contributed by atoms with Gasteiger partial charge in [-0.25, -0.2) is 0 Å². The van der Waals surface area contributed by atoms with E-state index in [-0.39, 0.29) is 46.4 Å². The van der Waals surface area contributed by atoms with Gasteiger partial charge in [0.25, 0.3) is 0 Å². The van der Waals surface area contributed by atoms with E-state index < -0.39 is 43.2 Å². The molecule has 1 rings (SSSR count). The molecule has 12 heteroatoms. The van der Waals surface area contributed by atoms with Crippen molar-refractivity contribution in [1.82, 2.24) is 16.0 Å². The number of aliphatic hydroxyl groups is 3. The molecule has 1 aliphatic heterocycles. The van der Waals surface area contributed by atoms with Crippen LogP contribution in [0.25, 0.3) is 0 Å². The fourth-order valence-electron chi connectivity index (χ4n) is 6.29. The van der Waals surface area contributed by atoms with Crippen LogP contribution in [0.3, 0.4) is 0 Å². The highest BCUT2D eigenvalue weighted by Crippen LogP contribution is 2.38. The number of ether oxygens (including phenoxy) is 2. The minimum absolute atomic E-state index is 0.0163. The first kappa shape index (κ1) is 41.9. The molecule has 0 spiro atoms. The first-order valence-corrected chi connectivity index (χ1v) is 16.7. The number of Topliss-reactive ketones (excluding diaryl/α,β-unsaturated/α-hetero) is 1. The van der Waals surface area contributed by atoms with Crippen molar-refractivity contribution >= 4 is 23.5 Å². The van der Waals surface area contributed by atoms with Crippen molar-refractivity contribution in [3.05, 3.63) is 0 Å². The van der Waals surface area contributed by atoms with E-state index in [9.17, 15) is 34.5 Å². The molecular formula is C34H63N3O9. The highest BCUT2D eigenvalue weighted by Gasteiger charge is 2.46. The van der Waals surface area contributed by atoms with Crippen molar-refractivity contribution in [2.24, 2.45) is 22.2 Å². The molecule has 46 heavy (non-hydrogen) atoms. The number of unbranched alkanes of at least 4 members (excludes halogenated alkanes) is 1. The highest BCUT2D eigenvalue weighted by molar-refractivity contribution is 5.78. The summed E-state index contributed by atoms with van der Waals surface area (Å²) in [6.45, 7) is 17.9. The second-order valence-corrected chi connectivity index (χ2v) is 15.6. The van der Waals surface area contributed by atoms with Crippen LogP contribution in [-0.4, -0.2) is 95.8 Å². The molecule has 12 nitrogen and oxygen atoms in total. The summed E-state index contributed by atoms with van der Waals surface area (Å²) >= 11 is 0. The molecule has 1 aliphatic rings. The van der Waals surface area contributed by atoms with Gasteiger partial charge in [-0.15, -0.1) is 0 Å². The molecule has 0 aromatic heterocycles. The standard InChI is InChI=1S/C34H63N3O9/c1-22(30(44)36-17-15-32(4,5)18-23(2)39)12-10-11-16-35-26(41)13-14-33(6,7)20-34(8,9)21-45-31-27(37-24(3)40)29(43)28(42)25(19-38)46-31/h22,25,27-29,31,38,42-43H,10-21H2,1-9H3,(H,35,41)(H,36,44)(H,37,40)/t22-,25+,27+,28-,29+,31?/m0/s1. The molecule has 268 valence electrons. The second-order valence-electron chi connectivity index (χ2n) is 15.6. The quantitative estimate of drug-likeness (QED) is 0.101. The van der Waals surface area contributed by atoms with E-state index in [1.54, 1.807) is 6.92 Å². The lowest BCUT2D eigenvalue weighted by Gasteiger charge is -2.43. The number of amides is 3. The topological polar surface area (TPSA) is 184 Å². The van der Waals surface area contributed by atoms with Gasteiger partial charge in [0.2, 0.25) is 17.7 Å². The number of rotatable bonds is 21. The van der Waals surface area contributed by atoms with Gasteiger partial charge in [0.1, 0.15) is 30.1 Å². The molecule has 0 aromatic carbocycles. The van der Waals surface area contributed by atoms with Gasteiger partial charge < -0.3 is 45.5 Å². The monoisotopic (exact) mass is 657 g/mol. The van der Waals surface area contributed by atoms with Crippen molar-refractivity contribution < 1.29 is 44.0 Å². The number of carbonyl (C=O) groups excluding carboxylic acids is 4. The SMILES string of the molecule is CC(=O)CC(C)(C)CCNC(=O)[C@@H](C)CCCCNC(=O)CCC(C)(C)CC(C)(C)COC1O[C@H](CO)[C@H](O)[C@H](O)[C@H]1NC(C)=O. The maximum Gasteiger partial charge on any atom is 0.222 e. The first-order valence-electron chi connectivity index (χ1n) is 16.7. The van der Waals surface area contributed by atoms with Gasteiger partial charge in [0.05, 0.1) is 13.2 Å². The minimum Gasteiger partial charge on any atom is -0.394 e. The van der Waals surface area contributed by atoms with Crippen LogP contribution in [0.15, 0.2) is 0 Å². The molecule has 1 saturated heterocycles. The minimum atomic E-state index is -1.37. The summed E-state index contributed by atoms with van der Waals surface area (Å²) in [6, 6.07) is -0.995. The molecule has 0 radical (unpaired) electrons. The predicted molar refractivity (Wildman–Crippen MR) is 175 cm³/mol. The lowest BCUT2D eigenvalue weighted by Crippen LogP contribution is -2.64. The Labute approximate surface area is 276 Å². The molecule has 1 unspecified atom stereocenters. The normalized spacial score (nSPS) is 23.0. The number of hydrogen-bond acceptors (Lipinski definition) is 9. The Kier molecular flexibility index (Phi) is 17.3. The maximum absolute atomic E-state index is 12.6. The lowest BCUT2D eigenvalue weighted by molar-refractivity contribution is -0.276. The van der Waals surface area contributed by atoms with Crippen LogP contribution in [-0.2, 0) is 28.7 Å². The highest BCUT2D eigenvalue weighted by atomic mass is 16.7. The zero-order chi connectivity index (χ0) is 35.3. The van der Waals surface area contributed by atoms with E-state index >= 15 is 0 Å². The number of ketones is 1. The summed E-state index contributed by atoms with van der Waals surface area (Å²) in [5.74, 6) is -0.376. The van der Waals surface area contributed by atoms with Crippen LogP contribution in [0.5, 0.6) is 0 Å². The average Bonchev–Trinajstić information content (AvgIpc) is 2.92. The molecule has 6 N–H and O–H groups in total. The summed E-state index contributed by atoms with van der Waals surface area (Å²) in [5, 5.41) is 38.8. The molecule has 6 atom stereocenters. The van der Waals surface area contributed by atoms with E-state index in [4.69, 9.17) is 9.47 Å². The van der Waals surface area contributed by atoms with Gasteiger partial charge in [0, 0.05) is 38.8 Å². The zero-order valence-corrected chi connectivity index (χ0v) is 29.7. The Hall–Kier alpha value is -2.12. The third-order valence-electron chi connectivity index (χ3n) is 8.54. The van der Waals surface area contributed by atoms with Gasteiger partial charge in [-0.3, -0.25) is 14.4 Å². The zero-order valence-electron chi connectivity index (χ0n) is 29.7. The van der Waals surface area contributed by atoms with Gasteiger partial charge in [-0.1, -0.05) is 54.9 Å². The fraction of sp³-hybridized carbons (Fsp3) is 0.882. The van der Waals surface area contributed by atoms with E-state index in [0.717, 1.165) is 25.7 Å². The molecule has 3 amide bonds. The van der Waals surface area contributed by atoms with Crippen LogP contribution in [0.4, 0.5) is 0 Å².